The van der Waals surface area contributed by atoms with Gasteiger partial charge in [0.15, 0.2) is 0 Å². The van der Waals surface area contributed by atoms with Crippen molar-refractivity contribution in [3.05, 3.63) is 29.6 Å². The Balaban J connectivity index is 3.19. The first-order valence-corrected chi connectivity index (χ1v) is 4.75. The van der Waals surface area contributed by atoms with Gasteiger partial charge in [0, 0.05) is 0 Å². The SMILES string of the molecule is C=C(c1nc(Cl)ccc1O)C(C)(C)C. The third-order valence-electron chi connectivity index (χ3n) is 2.03. The fourth-order valence-corrected chi connectivity index (χ4v) is 1.15. The lowest BCUT2D eigenvalue weighted by Gasteiger charge is -2.21. The topological polar surface area (TPSA) is 33.1 Å². The van der Waals surface area contributed by atoms with Crippen molar-refractivity contribution in [2.45, 2.75) is 20.8 Å². The Morgan fingerprint density at radius 3 is 2.50 bits per heavy atom. The van der Waals surface area contributed by atoms with Crippen LogP contribution in [0.5, 0.6) is 5.75 Å². The number of aromatic nitrogens is 1. The molecule has 0 fully saturated rings. The monoisotopic (exact) mass is 211 g/mol. The van der Waals surface area contributed by atoms with Gasteiger partial charge < -0.3 is 5.11 Å². The number of pyridine rings is 1. The third kappa shape index (κ3) is 2.26. The van der Waals surface area contributed by atoms with Gasteiger partial charge in [-0.2, -0.15) is 0 Å². The average Bonchev–Trinajstić information content (AvgIpc) is 2.06. The summed E-state index contributed by atoms with van der Waals surface area (Å²) in [6.07, 6.45) is 0. The number of aromatic hydroxyl groups is 1. The summed E-state index contributed by atoms with van der Waals surface area (Å²) in [4.78, 5) is 4.05. The van der Waals surface area contributed by atoms with Crippen molar-refractivity contribution in [2.75, 3.05) is 0 Å². The Morgan fingerprint density at radius 2 is 2.00 bits per heavy atom. The van der Waals surface area contributed by atoms with Crippen LogP contribution in [0.25, 0.3) is 5.57 Å². The van der Waals surface area contributed by atoms with Crippen molar-refractivity contribution >= 4 is 17.2 Å². The van der Waals surface area contributed by atoms with Gasteiger partial charge in [-0.15, -0.1) is 0 Å². The van der Waals surface area contributed by atoms with Gasteiger partial charge in [-0.25, -0.2) is 4.98 Å². The summed E-state index contributed by atoms with van der Waals surface area (Å²) < 4.78 is 0. The summed E-state index contributed by atoms with van der Waals surface area (Å²) in [6.45, 7) is 9.95. The average molecular weight is 212 g/mol. The molecule has 0 saturated heterocycles. The predicted octanol–water partition coefficient (Wildman–Crippen LogP) is 3.50. The van der Waals surface area contributed by atoms with Crippen molar-refractivity contribution in [1.82, 2.24) is 4.98 Å². The van der Waals surface area contributed by atoms with Crippen LogP contribution in [0.2, 0.25) is 5.15 Å². The summed E-state index contributed by atoms with van der Waals surface area (Å²) in [5.41, 5.74) is 1.12. The second-order valence-electron chi connectivity index (χ2n) is 4.23. The number of allylic oxidation sites excluding steroid dienone is 1. The summed E-state index contributed by atoms with van der Waals surface area (Å²) in [7, 11) is 0. The first-order valence-electron chi connectivity index (χ1n) is 4.37. The molecule has 3 heteroatoms. The Kier molecular flexibility index (Phi) is 2.86. The molecule has 1 N–H and O–H groups in total. The van der Waals surface area contributed by atoms with Gasteiger partial charge in [0.2, 0.25) is 0 Å². The van der Waals surface area contributed by atoms with E-state index in [1.54, 1.807) is 6.07 Å². The van der Waals surface area contributed by atoms with Crippen molar-refractivity contribution in [1.29, 1.82) is 0 Å². The molecule has 0 aliphatic heterocycles. The molecule has 0 aliphatic rings. The lowest BCUT2D eigenvalue weighted by atomic mass is 9.85. The molecule has 14 heavy (non-hydrogen) atoms. The molecule has 0 aromatic carbocycles. The standard InChI is InChI=1S/C11H14ClNO/c1-7(11(2,3)4)10-8(14)5-6-9(12)13-10/h5-6,14H,1H2,2-4H3. The van der Waals surface area contributed by atoms with E-state index in [2.05, 4.69) is 11.6 Å². The molecule has 1 rings (SSSR count). The van der Waals surface area contributed by atoms with Gasteiger partial charge in [-0.1, -0.05) is 39.0 Å². The van der Waals surface area contributed by atoms with E-state index in [0.717, 1.165) is 5.57 Å². The molecule has 76 valence electrons. The van der Waals surface area contributed by atoms with Gasteiger partial charge in [0.1, 0.15) is 16.6 Å². The molecule has 1 aromatic heterocycles. The quantitative estimate of drug-likeness (QED) is 0.722. The van der Waals surface area contributed by atoms with E-state index < -0.39 is 0 Å². The minimum Gasteiger partial charge on any atom is -0.506 e. The van der Waals surface area contributed by atoms with E-state index in [1.165, 1.54) is 6.07 Å². The Morgan fingerprint density at radius 1 is 1.43 bits per heavy atom. The first kappa shape index (κ1) is 11.1. The van der Waals surface area contributed by atoms with E-state index in [0.29, 0.717) is 10.8 Å². The van der Waals surface area contributed by atoms with E-state index in [-0.39, 0.29) is 11.2 Å². The zero-order valence-corrected chi connectivity index (χ0v) is 9.39. The van der Waals surface area contributed by atoms with Crippen LogP contribution in [0.1, 0.15) is 26.5 Å². The summed E-state index contributed by atoms with van der Waals surface area (Å²) >= 11 is 5.75. The van der Waals surface area contributed by atoms with Crippen LogP contribution in [-0.4, -0.2) is 10.1 Å². The van der Waals surface area contributed by atoms with Gasteiger partial charge in [-0.3, -0.25) is 0 Å². The summed E-state index contributed by atoms with van der Waals surface area (Å²) in [5.74, 6) is 0.120. The maximum Gasteiger partial charge on any atom is 0.141 e. The summed E-state index contributed by atoms with van der Waals surface area (Å²) in [5, 5.41) is 9.95. The molecule has 0 atom stereocenters. The third-order valence-corrected chi connectivity index (χ3v) is 2.24. The van der Waals surface area contributed by atoms with Crippen molar-refractivity contribution in [3.63, 3.8) is 0 Å². The van der Waals surface area contributed by atoms with Gasteiger partial charge in [-0.05, 0) is 23.1 Å². The van der Waals surface area contributed by atoms with Crippen molar-refractivity contribution in [3.8, 4) is 5.75 Å². The van der Waals surface area contributed by atoms with Crippen LogP contribution in [0, 0.1) is 5.41 Å². The summed E-state index contributed by atoms with van der Waals surface area (Å²) in [6, 6.07) is 3.08. The maximum absolute atomic E-state index is 9.59. The van der Waals surface area contributed by atoms with Gasteiger partial charge in [0.05, 0.1) is 0 Å². The van der Waals surface area contributed by atoms with Crippen molar-refractivity contribution < 1.29 is 5.11 Å². The van der Waals surface area contributed by atoms with Crippen LogP contribution >= 0.6 is 11.6 Å². The van der Waals surface area contributed by atoms with Crippen LogP contribution in [0.4, 0.5) is 0 Å². The van der Waals surface area contributed by atoms with Gasteiger partial charge in [0.25, 0.3) is 0 Å². The van der Waals surface area contributed by atoms with E-state index in [1.807, 2.05) is 20.8 Å². The predicted molar refractivity (Wildman–Crippen MR) is 59.4 cm³/mol. The lowest BCUT2D eigenvalue weighted by Crippen LogP contribution is -2.08. The zero-order chi connectivity index (χ0) is 10.9. The van der Waals surface area contributed by atoms with Crippen LogP contribution < -0.4 is 0 Å². The molecule has 0 saturated carbocycles. The molecule has 1 heterocycles. The minimum absolute atomic E-state index is 0.120. The molecule has 2 nitrogen and oxygen atoms in total. The molecule has 0 unspecified atom stereocenters. The molecule has 0 amide bonds. The maximum atomic E-state index is 9.59. The molecular weight excluding hydrogens is 198 g/mol. The highest BCUT2D eigenvalue weighted by Crippen LogP contribution is 2.35. The highest BCUT2D eigenvalue weighted by atomic mass is 35.5. The normalized spacial score (nSPS) is 11.4. The number of hydrogen-bond acceptors (Lipinski definition) is 2. The largest absolute Gasteiger partial charge is 0.506 e. The number of rotatable bonds is 1. The number of halogens is 1. The Labute approximate surface area is 89.2 Å². The van der Waals surface area contributed by atoms with E-state index in [9.17, 15) is 5.11 Å². The molecule has 1 aromatic rings. The highest BCUT2D eigenvalue weighted by Gasteiger charge is 2.20. The Bertz CT molecular complexity index is 366. The fraction of sp³-hybridized carbons (Fsp3) is 0.364. The van der Waals surface area contributed by atoms with Gasteiger partial charge >= 0.3 is 0 Å². The van der Waals surface area contributed by atoms with Crippen molar-refractivity contribution in [2.24, 2.45) is 5.41 Å². The molecule has 0 radical (unpaired) electrons. The van der Waals surface area contributed by atoms with E-state index >= 15 is 0 Å². The fourth-order valence-electron chi connectivity index (χ4n) is 1.01. The number of hydrogen-bond donors (Lipinski definition) is 1. The second-order valence-corrected chi connectivity index (χ2v) is 4.62. The molecular formula is C11H14ClNO. The molecule has 0 aliphatic carbocycles. The van der Waals surface area contributed by atoms with E-state index in [4.69, 9.17) is 11.6 Å². The van der Waals surface area contributed by atoms with Crippen LogP contribution in [0.15, 0.2) is 18.7 Å². The lowest BCUT2D eigenvalue weighted by molar-refractivity contribution is 0.466. The van der Waals surface area contributed by atoms with Crippen LogP contribution in [-0.2, 0) is 0 Å². The minimum atomic E-state index is -0.130. The Hall–Kier alpha value is -1.02. The number of nitrogens with zero attached hydrogens (tertiary/aromatic N) is 1. The first-order chi connectivity index (χ1) is 6.32. The highest BCUT2D eigenvalue weighted by molar-refractivity contribution is 6.29. The molecule has 0 spiro atoms. The van der Waals surface area contributed by atoms with Crippen LogP contribution in [0.3, 0.4) is 0 Å². The molecule has 0 bridgehead atoms. The zero-order valence-electron chi connectivity index (χ0n) is 8.63. The second kappa shape index (κ2) is 3.62. The smallest absolute Gasteiger partial charge is 0.141 e.